The van der Waals surface area contributed by atoms with E-state index in [0.29, 0.717) is 5.56 Å². The van der Waals surface area contributed by atoms with Crippen LogP contribution in [0.3, 0.4) is 0 Å². The molecule has 0 aromatic heterocycles. The molecule has 19 heavy (non-hydrogen) atoms. The van der Waals surface area contributed by atoms with E-state index in [1.807, 2.05) is 26.2 Å². The van der Waals surface area contributed by atoms with Gasteiger partial charge in [-0.1, -0.05) is 12.1 Å². The molecule has 0 saturated heterocycles. The van der Waals surface area contributed by atoms with Crippen LogP contribution < -0.4 is 0 Å². The number of nitrogens with zero attached hydrogens (tertiary/aromatic N) is 2. The van der Waals surface area contributed by atoms with E-state index in [1.54, 1.807) is 19.2 Å². The number of benzene rings is 1. The highest BCUT2D eigenvalue weighted by Crippen LogP contribution is 2.08. The SMILES string of the molecule is COC(=O)CN(C)C(=O)c1ccc(CN(C)C)cc1. The van der Waals surface area contributed by atoms with Crippen LogP contribution in [0.25, 0.3) is 0 Å². The highest BCUT2D eigenvalue weighted by molar-refractivity contribution is 5.95. The van der Waals surface area contributed by atoms with Gasteiger partial charge >= 0.3 is 5.97 Å². The molecule has 1 aromatic rings. The lowest BCUT2D eigenvalue weighted by molar-refractivity contribution is -0.141. The predicted molar refractivity (Wildman–Crippen MR) is 72.8 cm³/mol. The summed E-state index contributed by atoms with van der Waals surface area (Å²) in [7, 11) is 6.86. The molecule has 0 aliphatic heterocycles. The van der Waals surface area contributed by atoms with Crippen LogP contribution in [-0.4, -0.2) is 56.5 Å². The molecule has 0 atom stereocenters. The summed E-state index contributed by atoms with van der Waals surface area (Å²) >= 11 is 0. The Labute approximate surface area is 113 Å². The van der Waals surface area contributed by atoms with Crippen molar-refractivity contribution in [1.82, 2.24) is 9.80 Å². The van der Waals surface area contributed by atoms with Crippen LogP contribution in [0.1, 0.15) is 15.9 Å². The number of carbonyl (C=O) groups is 2. The molecule has 0 spiro atoms. The summed E-state index contributed by atoms with van der Waals surface area (Å²) in [5, 5.41) is 0. The van der Waals surface area contributed by atoms with Gasteiger partial charge in [0.2, 0.25) is 0 Å². The first kappa shape index (κ1) is 15.2. The number of ether oxygens (including phenoxy) is 1. The molecule has 0 radical (unpaired) electrons. The van der Waals surface area contributed by atoms with E-state index in [-0.39, 0.29) is 12.5 Å². The maximum atomic E-state index is 12.0. The normalized spacial score (nSPS) is 10.4. The average Bonchev–Trinajstić information content (AvgIpc) is 2.37. The molecule has 1 aromatic carbocycles. The molecular formula is C14H20N2O3. The molecule has 0 fully saturated rings. The molecule has 5 nitrogen and oxygen atoms in total. The van der Waals surface area contributed by atoms with Crippen LogP contribution in [-0.2, 0) is 16.1 Å². The van der Waals surface area contributed by atoms with Gasteiger partial charge < -0.3 is 14.5 Å². The predicted octanol–water partition coefficient (Wildman–Crippen LogP) is 0.993. The molecule has 0 N–H and O–H groups in total. The van der Waals surface area contributed by atoms with Gasteiger partial charge in [-0.25, -0.2) is 0 Å². The van der Waals surface area contributed by atoms with Gasteiger partial charge in [0.15, 0.2) is 0 Å². The third-order valence-corrected chi connectivity index (χ3v) is 2.64. The second kappa shape index (κ2) is 6.89. The van der Waals surface area contributed by atoms with E-state index in [9.17, 15) is 9.59 Å². The minimum atomic E-state index is -0.430. The van der Waals surface area contributed by atoms with Crippen LogP contribution in [0.5, 0.6) is 0 Å². The van der Waals surface area contributed by atoms with Crippen molar-refractivity contribution >= 4 is 11.9 Å². The molecule has 1 amide bonds. The smallest absolute Gasteiger partial charge is 0.325 e. The van der Waals surface area contributed by atoms with Crippen molar-refractivity contribution in [2.75, 3.05) is 34.8 Å². The van der Waals surface area contributed by atoms with Gasteiger partial charge in [0.1, 0.15) is 6.54 Å². The van der Waals surface area contributed by atoms with Crippen LogP contribution in [0.15, 0.2) is 24.3 Å². The number of amides is 1. The molecule has 104 valence electrons. The highest BCUT2D eigenvalue weighted by atomic mass is 16.5. The average molecular weight is 264 g/mol. The third kappa shape index (κ3) is 4.71. The summed E-state index contributed by atoms with van der Waals surface area (Å²) in [5.74, 6) is -0.623. The van der Waals surface area contributed by atoms with Crippen molar-refractivity contribution in [3.63, 3.8) is 0 Å². The molecule has 0 bridgehead atoms. The molecule has 0 unspecified atom stereocenters. The van der Waals surface area contributed by atoms with Crippen molar-refractivity contribution in [3.8, 4) is 0 Å². The zero-order chi connectivity index (χ0) is 14.4. The first-order valence-corrected chi connectivity index (χ1v) is 6.00. The van der Waals surface area contributed by atoms with Crippen molar-refractivity contribution in [2.24, 2.45) is 0 Å². The van der Waals surface area contributed by atoms with Crippen LogP contribution in [0, 0.1) is 0 Å². The lowest BCUT2D eigenvalue weighted by Gasteiger charge is -2.16. The molecule has 0 aliphatic carbocycles. The van der Waals surface area contributed by atoms with Crippen LogP contribution >= 0.6 is 0 Å². The zero-order valence-electron chi connectivity index (χ0n) is 11.8. The summed E-state index contributed by atoms with van der Waals surface area (Å²) in [6.07, 6.45) is 0. The number of rotatable bonds is 5. The fraction of sp³-hybridized carbons (Fsp3) is 0.429. The van der Waals surface area contributed by atoms with Gasteiger partial charge in [-0.05, 0) is 31.8 Å². The standard InChI is InChI=1S/C14H20N2O3/c1-15(2)9-11-5-7-12(8-6-11)14(18)16(3)10-13(17)19-4/h5-8H,9-10H2,1-4H3. The maximum absolute atomic E-state index is 12.0. The fourth-order valence-corrected chi connectivity index (χ4v) is 1.67. The van der Waals surface area contributed by atoms with Gasteiger partial charge in [-0.2, -0.15) is 0 Å². The first-order chi connectivity index (χ1) is 8.93. The quantitative estimate of drug-likeness (QED) is 0.744. The van der Waals surface area contributed by atoms with Crippen LogP contribution in [0.2, 0.25) is 0 Å². The van der Waals surface area contributed by atoms with Crippen molar-refractivity contribution in [3.05, 3.63) is 35.4 Å². The Morgan fingerprint density at radius 1 is 1.11 bits per heavy atom. The molecular weight excluding hydrogens is 244 g/mol. The highest BCUT2D eigenvalue weighted by Gasteiger charge is 2.14. The van der Waals surface area contributed by atoms with E-state index in [1.165, 1.54) is 12.0 Å². The van der Waals surface area contributed by atoms with E-state index in [2.05, 4.69) is 9.64 Å². The Morgan fingerprint density at radius 2 is 1.68 bits per heavy atom. The van der Waals surface area contributed by atoms with Gasteiger partial charge in [0.25, 0.3) is 5.91 Å². The van der Waals surface area contributed by atoms with E-state index in [0.717, 1.165) is 12.1 Å². The number of methoxy groups -OCH3 is 1. The topological polar surface area (TPSA) is 49.9 Å². The van der Waals surface area contributed by atoms with Gasteiger partial charge in [-0.3, -0.25) is 9.59 Å². The first-order valence-electron chi connectivity index (χ1n) is 6.00. The summed E-state index contributed by atoms with van der Waals surface area (Å²) in [6.45, 7) is 0.779. The Bertz CT molecular complexity index is 441. The Balaban J connectivity index is 2.69. The summed E-state index contributed by atoms with van der Waals surface area (Å²) in [5.41, 5.74) is 1.70. The number of carbonyl (C=O) groups excluding carboxylic acids is 2. The summed E-state index contributed by atoms with van der Waals surface area (Å²) in [6, 6.07) is 7.38. The zero-order valence-corrected chi connectivity index (χ0v) is 11.8. The van der Waals surface area contributed by atoms with Gasteiger partial charge in [0.05, 0.1) is 7.11 Å². The number of hydrogen-bond donors (Lipinski definition) is 0. The largest absolute Gasteiger partial charge is 0.468 e. The third-order valence-electron chi connectivity index (χ3n) is 2.64. The lowest BCUT2D eigenvalue weighted by Crippen LogP contribution is -2.32. The minimum absolute atomic E-state index is 0.0468. The monoisotopic (exact) mass is 264 g/mol. The second-order valence-corrected chi connectivity index (χ2v) is 4.67. The lowest BCUT2D eigenvalue weighted by atomic mass is 10.1. The molecule has 0 heterocycles. The van der Waals surface area contributed by atoms with Crippen molar-refractivity contribution in [1.29, 1.82) is 0 Å². The number of esters is 1. The van der Waals surface area contributed by atoms with E-state index >= 15 is 0 Å². The maximum Gasteiger partial charge on any atom is 0.325 e. The van der Waals surface area contributed by atoms with Crippen molar-refractivity contribution < 1.29 is 14.3 Å². The Hall–Kier alpha value is -1.88. The molecule has 0 aliphatic rings. The van der Waals surface area contributed by atoms with Gasteiger partial charge in [0, 0.05) is 19.2 Å². The fourth-order valence-electron chi connectivity index (χ4n) is 1.67. The van der Waals surface area contributed by atoms with Crippen LogP contribution in [0.4, 0.5) is 0 Å². The minimum Gasteiger partial charge on any atom is -0.468 e. The van der Waals surface area contributed by atoms with Crippen molar-refractivity contribution in [2.45, 2.75) is 6.54 Å². The Kier molecular flexibility index (Phi) is 5.51. The molecule has 0 saturated carbocycles. The van der Waals surface area contributed by atoms with Gasteiger partial charge in [-0.15, -0.1) is 0 Å². The van der Waals surface area contributed by atoms with E-state index in [4.69, 9.17) is 0 Å². The Morgan fingerprint density at radius 3 is 2.16 bits per heavy atom. The van der Waals surface area contributed by atoms with E-state index < -0.39 is 5.97 Å². The molecule has 1 rings (SSSR count). The second-order valence-electron chi connectivity index (χ2n) is 4.67. The summed E-state index contributed by atoms with van der Waals surface area (Å²) < 4.78 is 4.53. The number of likely N-dealkylation sites (N-methyl/N-ethyl adjacent to an activating group) is 1. The summed E-state index contributed by atoms with van der Waals surface area (Å²) in [4.78, 5) is 26.5. The number of hydrogen-bond acceptors (Lipinski definition) is 4. The molecule has 5 heteroatoms.